The van der Waals surface area contributed by atoms with Crippen LogP contribution in [-0.4, -0.2) is 35.9 Å². The van der Waals surface area contributed by atoms with E-state index >= 15 is 0 Å². The van der Waals surface area contributed by atoms with E-state index in [9.17, 15) is 9.59 Å². The second-order valence-corrected chi connectivity index (χ2v) is 9.31. The zero-order valence-electron chi connectivity index (χ0n) is 18.8. The second-order valence-electron chi connectivity index (χ2n) is 7.70. The van der Waals surface area contributed by atoms with E-state index in [2.05, 4.69) is 21.2 Å². The fraction of sp³-hybridized carbons (Fsp3) is 0.417. The van der Waals surface area contributed by atoms with Gasteiger partial charge in [-0.15, -0.1) is 0 Å². The smallest absolute Gasteiger partial charge is 0.261 e. The monoisotopic (exact) mass is 542 g/mol. The third kappa shape index (κ3) is 7.12. The molecule has 0 aliphatic carbocycles. The molecule has 0 saturated heterocycles. The Balaban J connectivity index is 2.22. The first-order chi connectivity index (χ1) is 15.1. The average molecular weight is 544 g/mol. The third-order valence-corrected chi connectivity index (χ3v) is 7.12. The van der Waals surface area contributed by atoms with Crippen LogP contribution in [0.2, 0.25) is 10.0 Å². The summed E-state index contributed by atoms with van der Waals surface area (Å²) in [4.78, 5) is 27.3. The Bertz CT molecular complexity index is 925. The summed E-state index contributed by atoms with van der Waals surface area (Å²) in [5, 5.41) is 3.76. The van der Waals surface area contributed by atoms with Gasteiger partial charge in [-0.25, -0.2) is 0 Å². The number of nitrogens with zero attached hydrogens (tertiary/aromatic N) is 1. The van der Waals surface area contributed by atoms with Gasteiger partial charge in [0.15, 0.2) is 6.61 Å². The van der Waals surface area contributed by atoms with Crippen LogP contribution in [0.25, 0.3) is 0 Å². The Morgan fingerprint density at radius 2 is 1.75 bits per heavy atom. The summed E-state index contributed by atoms with van der Waals surface area (Å²) in [5.74, 6) is 0.0231. The number of aryl methyl sites for hydroxylation is 2. The molecule has 5 nitrogen and oxygen atoms in total. The van der Waals surface area contributed by atoms with Crippen molar-refractivity contribution in [2.75, 3.05) is 13.2 Å². The molecule has 0 aliphatic rings. The zero-order chi connectivity index (χ0) is 23.8. The molecule has 1 unspecified atom stereocenters. The summed E-state index contributed by atoms with van der Waals surface area (Å²) in [7, 11) is 0. The van der Waals surface area contributed by atoms with Gasteiger partial charge in [-0.3, -0.25) is 9.59 Å². The van der Waals surface area contributed by atoms with Crippen molar-refractivity contribution < 1.29 is 14.3 Å². The van der Waals surface area contributed by atoms with E-state index in [0.717, 1.165) is 28.4 Å². The van der Waals surface area contributed by atoms with E-state index in [1.807, 2.05) is 32.9 Å². The molecular formula is C24H29BrCl2N2O3. The first-order valence-electron chi connectivity index (χ1n) is 10.5. The molecule has 0 aromatic heterocycles. The Labute approximate surface area is 208 Å². The number of amides is 2. The van der Waals surface area contributed by atoms with Gasteiger partial charge in [-0.1, -0.05) is 58.5 Å². The summed E-state index contributed by atoms with van der Waals surface area (Å²) < 4.78 is 6.79. The normalized spacial score (nSPS) is 11.7. The molecule has 0 radical (unpaired) electrons. The van der Waals surface area contributed by atoms with Gasteiger partial charge in [-0.05, 0) is 62.6 Å². The maximum absolute atomic E-state index is 13.2. The average Bonchev–Trinajstić information content (AvgIpc) is 2.75. The van der Waals surface area contributed by atoms with Gasteiger partial charge < -0.3 is 15.0 Å². The Kier molecular flexibility index (Phi) is 10.3. The summed E-state index contributed by atoms with van der Waals surface area (Å²) in [6.45, 7) is 8.10. The van der Waals surface area contributed by atoms with Gasteiger partial charge in [0.1, 0.15) is 11.8 Å². The van der Waals surface area contributed by atoms with Crippen LogP contribution in [0.4, 0.5) is 0 Å². The minimum Gasteiger partial charge on any atom is -0.484 e. The number of hydrogen-bond acceptors (Lipinski definition) is 3. The van der Waals surface area contributed by atoms with Crippen LogP contribution in [0, 0.1) is 13.8 Å². The van der Waals surface area contributed by atoms with Crippen molar-refractivity contribution in [2.45, 2.75) is 53.1 Å². The van der Waals surface area contributed by atoms with Gasteiger partial charge in [0.2, 0.25) is 5.91 Å². The molecule has 0 spiro atoms. The van der Waals surface area contributed by atoms with Gasteiger partial charge in [-0.2, -0.15) is 0 Å². The molecule has 0 heterocycles. The molecule has 0 saturated carbocycles. The molecule has 2 aromatic carbocycles. The predicted octanol–water partition coefficient (Wildman–Crippen LogP) is 6.09. The lowest BCUT2D eigenvalue weighted by Crippen LogP contribution is -2.49. The van der Waals surface area contributed by atoms with Crippen molar-refractivity contribution in [1.29, 1.82) is 0 Å². The fourth-order valence-corrected chi connectivity index (χ4v) is 3.94. The minimum atomic E-state index is -0.719. The lowest BCUT2D eigenvalue weighted by molar-refractivity contribution is -0.142. The number of carbonyl (C=O) groups excluding carboxylic acids is 2. The number of carbonyl (C=O) groups is 2. The number of ether oxygens (including phenoxy) is 1. The maximum atomic E-state index is 13.2. The summed E-state index contributed by atoms with van der Waals surface area (Å²) in [5.41, 5.74) is 2.61. The summed E-state index contributed by atoms with van der Waals surface area (Å²) >= 11 is 16.2. The van der Waals surface area contributed by atoms with Crippen molar-refractivity contribution in [3.05, 3.63) is 61.5 Å². The lowest BCUT2D eigenvalue weighted by Gasteiger charge is -2.29. The Morgan fingerprint density at radius 3 is 2.31 bits per heavy atom. The van der Waals surface area contributed by atoms with E-state index in [1.54, 1.807) is 25.1 Å². The van der Waals surface area contributed by atoms with Gasteiger partial charge >= 0.3 is 0 Å². The lowest BCUT2D eigenvalue weighted by atomic mass is 10.1. The van der Waals surface area contributed by atoms with Crippen molar-refractivity contribution in [3.63, 3.8) is 0 Å². The summed E-state index contributed by atoms with van der Waals surface area (Å²) in [6, 6.07) is 8.16. The number of benzene rings is 2. The molecule has 2 aromatic rings. The van der Waals surface area contributed by atoms with Crippen LogP contribution >= 0.6 is 39.1 Å². The van der Waals surface area contributed by atoms with Crippen LogP contribution in [-0.2, 0) is 16.1 Å². The molecule has 1 atom stereocenters. The highest BCUT2D eigenvalue weighted by atomic mass is 79.9. The van der Waals surface area contributed by atoms with Crippen molar-refractivity contribution >= 4 is 50.9 Å². The van der Waals surface area contributed by atoms with Gasteiger partial charge in [0.25, 0.3) is 5.91 Å². The van der Waals surface area contributed by atoms with Crippen LogP contribution in [0.1, 0.15) is 43.4 Å². The molecule has 0 bridgehead atoms. The molecule has 32 heavy (non-hydrogen) atoms. The van der Waals surface area contributed by atoms with Gasteiger partial charge in [0, 0.05) is 33.2 Å². The van der Waals surface area contributed by atoms with E-state index in [4.69, 9.17) is 27.9 Å². The quantitative estimate of drug-likeness (QED) is 0.369. The molecule has 0 aliphatic heterocycles. The SMILES string of the molecule is CCCCNC(=O)C(C)N(Cc1c(Cl)cccc1Cl)C(=O)COc1cc(C)c(Br)c(C)c1. The van der Waals surface area contributed by atoms with Crippen LogP contribution in [0.3, 0.4) is 0 Å². The first-order valence-corrected chi connectivity index (χ1v) is 12.1. The Hall–Kier alpha value is -1.76. The number of unbranched alkanes of at least 4 members (excludes halogenated alkanes) is 1. The largest absolute Gasteiger partial charge is 0.484 e. The number of hydrogen-bond donors (Lipinski definition) is 1. The topological polar surface area (TPSA) is 58.6 Å². The molecule has 2 rings (SSSR count). The highest BCUT2D eigenvalue weighted by Crippen LogP contribution is 2.28. The molecule has 1 N–H and O–H groups in total. The molecule has 174 valence electrons. The first kappa shape index (κ1) is 26.5. The van der Waals surface area contributed by atoms with Gasteiger partial charge in [0.05, 0.1) is 0 Å². The van der Waals surface area contributed by atoms with Crippen LogP contribution < -0.4 is 10.1 Å². The molecule has 2 amide bonds. The van der Waals surface area contributed by atoms with E-state index in [1.165, 1.54) is 4.90 Å². The van der Waals surface area contributed by atoms with E-state index in [-0.39, 0.29) is 25.0 Å². The highest BCUT2D eigenvalue weighted by Gasteiger charge is 2.27. The van der Waals surface area contributed by atoms with E-state index in [0.29, 0.717) is 27.9 Å². The molecule has 8 heteroatoms. The summed E-state index contributed by atoms with van der Waals surface area (Å²) in [6.07, 6.45) is 1.83. The second kappa shape index (κ2) is 12.5. The maximum Gasteiger partial charge on any atom is 0.261 e. The number of nitrogens with one attached hydrogen (secondary N) is 1. The Morgan fingerprint density at radius 1 is 1.16 bits per heavy atom. The zero-order valence-corrected chi connectivity index (χ0v) is 21.9. The third-order valence-electron chi connectivity index (χ3n) is 5.16. The predicted molar refractivity (Wildman–Crippen MR) is 134 cm³/mol. The molecular weight excluding hydrogens is 515 g/mol. The fourth-order valence-electron chi connectivity index (χ4n) is 3.19. The van der Waals surface area contributed by atoms with Crippen LogP contribution in [0.15, 0.2) is 34.8 Å². The number of rotatable bonds is 10. The number of halogens is 3. The highest BCUT2D eigenvalue weighted by molar-refractivity contribution is 9.10. The molecule has 0 fully saturated rings. The van der Waals surface area contributed by atoms with E-state index < -0.39 is 6.04 Å². The minimum absolute atomic E-state index is 0.0987. The van der Waals surface area contributed by atoms with Crippen molar-refractivity contribution in [3.8, 4) is 5.75 Å². The van der Waals surface area contributed by atoms with Crippen molar-refractivity contribution in [1.82, 2.24) is 10.2 Å². The van der Waals surface area contributed by atoms with Crippen LogP contribution in [0.5, 0.6) is 5.75 Å². The standard InChI is InChI=1S/C24H29BrCl2N2O3/c1-5-6-10-28-24(31)17(4)29(13-19-20(26)8-7-9-21(19)27)22(30)14-32-18-11-15(2)23(25)16(3)12-18/h7-9,11-12,17H,5-6,10,13-14H2,1-4H3,(H,28,31). The van der Waals surface area contributed by atoms with Crippen molar-refractivity contribution in [2.24, 2.45) is 0 Å².